The maximum atomic E-state index is 11.8. The van der Waals surface area contributed by atoms with Crippen LogP contribution in [0, 0.1) is 0 Å². The van der Waals surface area contributed by atoms with E-state index < -0.39 is 5.79 Å². The Morgan fingerprint density at radius 1 is 1.35 bits per heavy atom. The van der Waals surface area contributed by atoms with E-state index in [4.69, 9.17) is 9.47 Å². The van der Waals surface area contributed by atoms with Gasteiger partial charge >= 0.3 is 6.03 Å². The van der Waals surface area contributed by atoms with Gasteiger partial charge in [-0.15, -0.1) is 0 Å². The SMILES string of the molecule is CN(C)C(=O)N1CCC(NCC2COC(C)(C)O2)CC1. The molecule has 0 bridgehead atoms. The minimum absolute atomic E-state index is 0.109. The number of amides is 2. The molecule has 2 aliphatic rings. The van der Waals surface area contributed by atoms with Crippen LogP contribution in [0.25, 0.3) is 0 Å². The number of likely N-dealkylation sites (tertiary alicyclic amines) is 1. The molecule has 0 spiro atoms. The molecule has 0 aromatic rings. The zero-order chi connectivity index (χ0) is 14.8. The molecule has 2 aliphatic heterocycles. The third kappa shape index (κ3) is 4.07. The predicted octanol–water partition coefficient (Wildman–Crippen LogP) is 0.874. The third-order valence-corrected chi connectivity index (χ3v) is 3.85. The Kier molecular flexibility index (Phi) is 4.88. The number of urea groups is 1. The Morgan fingerprint density at radius 3 is 2.50 bits per heavy atom. The first-order valence-corrected chi connectivity index (χ1v) is 7.39. The van der Waals surface area contributed by atoms with Crippen molar-refractivity contribution in [1.82, 2.24) is 15.1 Å². The number of rotatable bonds is 3. The zero-order valence-electron chi connectivity index (χ0n) is 13.0. The van der Waals surface area contributed by atoms with Gasteiger partial charge in [-0.2, -0.15) is 0 Å². The van der Waals surface area contributed by atoms with Crippen LogP contribution in [0.4, 0.5) is 4.79 Å². The summed E-state index contributed by atoms with van der Waals surface area (Å²) >= 11 is 0. The van der Waals surface area contributed by atoms with E-state index in [1.54, 1.807) is 19.0 Å². The van der Waals surface area contributed by atoms with Gasteiger partial charge in [0.1, 0.15) is 0 Å². The average molecular weight is 285 g/mol. The Morgan fingerprint density at radius 2 is 2.00 bits per heavy atom. The minimum Gasteiger partial charge on any atom is -0.348 e. The second-order valence-electron chi connectivity index (χ2n) is 6.30. The fourth-order valence-corrected chi connectivity index (χ4v) is 2.72. The van der Waals surface area contributed by atoms with Crippen molar-refractivity contribution in [1.29, 1.82) is 0 Å². The second-order valence-corrected chi connectivity index (χ2v) is 6.30. The molecule has 2 saturated heterocycles. The molecule has 116 valence electrons. The molecule has 2 heterocycles. The second kappa shape index (κ2) is 6.28. The van der Waals surface area contributed by atoms with Crippen molar-refractivity contribution < 1.29 is 14.3 Å². The molecule has 0 radical (unpaired) electrons. The maximum Gasteiger partial charge on any atom is 0.319 e. The average Bonchev–Trinajstić information content (AvgIpc) is 2.75. The number of piperidine rings is 1. The molecule has 1 N–H and O–H groups in total. The van der Waals surface area contributed by atoms with Crippen LogP contribution in [-0.2, 0) is 9.47 Å². The quantitative estimate of drug-likeness (QED) is 0.836. The van der Waals surface area contributed by atoms with Gasteiger partial charge in [0.15, 0.2) is 5.79 Å². The number of nitrogens with zero attached hydrogens (tertiary/aromatic N) is 2. The first-order valence-electron chi connectivity index (χ1n) is 7.39. The number of ether oxygens (including phenoxy) is 2. The van der Waals surface area contributed by atoms with E-state index >= 15 is 0 Å². The highest BCUT2D eigenvalue weighted by atomic mass is 16.7. The summed E-state index contributed by atoms with van der Waals surface area (Å²) in [4.78, 5) is 15.4. The summed E-state index contributed by atoms with van der Waals surface area (Å²) in [5.74, 6) is -0.451. The predicted molar refractivity (Wildman–Crippen MR) is 76.6 cm³/mol. The smallest absolute Gasteiger partial charge is 0.319 e. The number of nitrogens with one attached hydrogen (secondary N) is 1. The number of hydrogen-bond donors (Lipinski definition) is 1. The van der Waals surface area contributed by atoms with Gasteiger partial charge < -0.3 is 24.6 Å². The maximum absolute atomic E-state index is 11.8. The summed E-state index contributed by atoms with van der Waals surface area (Å²) in [5, 5.41) is 3.53. The van der Waals surface area contributed by atoms with Crippen molar-refractivity contribution in [3.8, 4) is 0 Å². The molecule has 0 aromatic carbocycles. The molecular formula is C14H27N3O3. The lowest BCUT2D eigenvalue weighted by Crippen LogP contribution is -2.49. The molecular weight excluding hydrogens is 258 g/mol. The van der Waals surface area contributed by atoms with Crippen LogP contribution >= 0.6 is 0 Å². The van der Waals surface area contributed by atoms with E-state index in [0.717, 1.165) is 32.5 Å². The van der Waals surface area contributed by atoms with Crippen molar-refractivity contribution in [2.75, 3.05) is 40.3 Å². The van der Waals surface area contributed by atoms with Crippen molar-refractivity contribution in [3.05, 3.63) is 0 Å². The Labute approximate surface area is 121 Å². The van der Waals surface area contributed by atoms with E-state index in [1.165, 1.54) is 0 Å². The monoisotopic (exact) mass is 285 g/mol. The zero-order valence-corrected chi connectivity index (χ0v) is 13.0. The lowest BCUT2D eigenvalue weighted by molar-refractivity contribution is -0.138. The number of carbonyl (C=O) groups excluding carboxylic acids is 1. The molecule has 20 heavy (non-hydrogen) atoms. The number of hydrogen-bond acceptors (Lipinski definition) is 4. The Hall–Kier alpha value is -0.850. The van der Waals surface area contributed by atoms with E-state index in [0.29, 0.717) is 12.6 Å². The lowest BCUT2D eigenvalue weighted by Gasteiger charge is -2.34. The van der Waals surface area contributed by atoms with Gasteiger partial charge in [0.05, 0.1) is 12.7 Å². The van der Waals surface area contributed by atoms with Gasteiger partial charge in [0, 0.05) is 39.8 Å². The van der Waals surface area contributed by atoms with Crippen molar-refractivity contribution >= 4 is 6.03 Å². The highest BCUT2D eigenvalue weighted by molar-refractivity contribution is 5.73. The van der Waals surface area contributed by atoms with Crippen molar-refractivity contribution in [3.63, 3.8) is 0 Å². The van der Waals surface area contributed by atoms with E-state index in [1.807, 2.05) is 18.7 Å². The summed E-state index contributed by atoms with van der Waals surface area (Å²) in [6.07, 6.45) is 2.12. The molecule has 6 nitrogen and oxygen atoms in total. The fraction of sp³-hybridized carbons (Fsp3) is 0.929. The van der Waals surface area contributed by atoms with Gasteiger partial charge in [0.25, 0.3) is 0 Å². The first kappa shape index (κ1) is 15.5. The molecule has 2 rings (SSSR count). The standard InChI is InChI=1S/C14H27N3O3/c1-14(2)19-10-12(20-14)9-15-11-5-7-17(8-6-11)13(18)16(3)4/h11-12,15H,5-10H2,1-4H3. The summed E-state index contributed by atoms with van der Waals surface area (Å²) in [5.41, 5.74) is 0. The molecule has 6 heteroatoms. The molecule has 1 atom stereocenters. The summed E-state index contributed by atoms with van der Waals surface area (Å²) in [7, 11) is 3.59. The van der Waals surface area contributed by atoms with Crippen LogP contribution in [0.3, 0.4) is 0 Å². The van der Waals surface area contributed by atoms with E-state index in [-0.39, 0.29) is 12.1 Å². The van der Waals surface area contributed by atoms with Crippen LogP contribution < -0.4 is 5.32 Å². The topological polar surface area (TPSA) is 54.0 Å². The highest BCUT2D eigenvalue weighted by Crippen LogP contribution is 2.22. The van der Waals surface area contributed by atoms with Gasteiger partial charge in [0.2, 0.25) is 0 Å². The van der Waals surface area contributed by atoms with Gasteiger partial charge in [-0.25, -0.2) is 4.79 Å². The largest absolute Gasteiger partial charge is 0.348 e. The van der Waals surface area contributed by atoms with Crippen LogP contribution in [-0.4, -0.2) is 74.1 Å². The van der Waals surface area contributed by atoms with E-state index in [2.05, 4.69) is 5.32 Å². The summed E-state index contributed by atoms with van der Waals surface area (Å²) in [6.45, 7) is 6.99. The first-order chi connectivity index (χ1) is 9.37. The lowest BCUT2D eigenvalue weighted by atomic mass is 10.1. The van der Waals surface area contributed by atoms with Crippen LogP contribution in [0.15, 0.2) is 0 Å². The fourth-order valence-electron chi connectivity index (χ4n) is 2.72. The van der Waals surface area contributed by atoms with Gasteiger partial charge in [-0.05, 0) is 26.7 Å². The number of carbonyl (C=O) groups is 1. The van der Waals surface area contributed by atoms with Gasteiger partial charge in [-0.3, -0.25) is 0 Å². The van der Waals surface area contributed by atoms with Crippen LogP contribution in [0.2, 0.25) is 0 Å². The molecule has 2 fully saturated rings. The molecule has 0 aliphatic carbocycles. The summed E-state index contributed by atoms with van der Waals surface area (Å²) < 4.78 is 11.3. The van der Waals surface area contributed by atoms with Crippen molar-refractivity contribution in [2.45, 2.75) is 44.6 Å². The van der Waals surface area contributed by atoms with Crippen molar-refractivity contribution in [2.24, 2.45) is 0 Å². The summed E-state index contributed by atoms with van der Waals surface area (Å²) in [6, 6.07) is 0.575. The van der Waals surface area contributed by atoms with Gasteiger partial charge in [-0.1, -0.05) is 0 Å². The molecule has 0 aromatic heterocycles. The Bertz CT molecular complexity index is 339. The molecule has 1 unspecified atom stereocenters. The van der Waals surface area contributed by atoms with E-state index in [9.17, 15) is 4.79 Å². The minimum atomic E-state index is -0.451. The van der Waals surface area contributed by atoms with Crippen LogP contribution in [0.1, 0.15) is 26.7 Å². The van der Waals surface area contributed by atoms with Crippen LogP contribution in [0.5, 0.6) is 0 Å². The normalized spacial score (nSPS) is 26.8. The highest BCUT2D eigenvalue weighted by Gasteiger charge is 2.33. The molecule has 2 amide bonds. The third-order valence-electron chi connectivity index (χ3n) is 3.85. The Balaban J connectivity index is 1.66. The molecule has 0 saturated carbocycles.